The van der Waals surface area contributed by atoms with Crippen LogP contribution in [0.4, 0.5) is 0 Å². The zero-order chi connectivity index (χ0) is 21.0. The van der Waals surface area contributed by atoms with E-state index in [9.17, 15) is 14.4 Å². The van der Waals surface area contributed by atoms with E-state index in [2.05, 4.69) is 20.9 Å². The minimum absolute atomic E-state index is 0.0248. The normalized spacial score (nSPS) is 10.4. The van der Waals surface area contributed by atoms with Crippen molar-refractivity contribution in [3.05, 3.63) is 81.6 Å². The van der Waals surface area contributed by atoms with E-state index in [-0.39, 0.29) is 23.6 Å². The SMILES string of the molecule is CCOC(=O)c1[nH]c(C(=O)OC)c(C(=O)c2cccc(Br)c2)c1-c1ccccc1. The molecule has 3 rings (SSSR count). The van der Waals surface area contributed by atoms with Crippen LogP contribution in [0.2, 0.25) is 0 Å². The van der Waals surface area contributed by atoms with Gasteiger partial charge < -0.3 is 14.5 Å². The van der Waals surface area contributed by atoms with Crippen molar-refractivity contribution in [3.63, 3.8) is 0 Å². The van der Waals surface area contributed by atoms with E-state index in [4.69, 9.17) is 9.47 Å². The van der Waals surface area contributed by atoms with Gasteiger partial charge in [-0.05, 0) is 24.6 Å². The third-order valence-corrected chi connectivity index (χ3v) is 4.74. The zero-order valence-corrected chi connectivity index (χ0v) is 17.4. The number of methoxy groups -OCH3 is 1. The summed E-state index contributed by atoms with van der Waals surface area (Å²) < 4.78 is 10.7. The summed E-state index contributed by atoms with van der Waals surface area (Å²) in [6, 6.07) is 15.7. The number of benzene rings is 2. The number of nitrogens with one attached hydrogen (secondary N) is 1. The van der Waals surface area contributed by atoms with Gasteiger partial charge >= 0.3 is 11.9 Å². The molecule has 0 aliphatic rings. The Morgan fingerprint density at radius 1 is 0.966 bits per heavy atom. The average molecular weight is 456 g/mol. The monoisotopic (exact) mass is 455 g/mol. The number of hydrogen-bond donors (Lipinski definition) is 1. The van der Waals surface area contributed by atoms with Gasteiger partial charge in [0.1, 0.15) is 11.4 Å². The van der Waals surface area contributed by atoms with Crippen molar-refractivity contribution in [2.75, 3.05) is 13.7 Å². The summed E-state index contributed by atoms with van der Waals surface area (Å²) in [5.74, 6) is -1.83. The molecule has 0 atom stereocenters. The van der Waals surface area contributed by atoms with Crippen LogP contribution in [0.3, 0.4) is 0 Å². The first-order valence-corrected chi connectivity index (χ1v) is 9.64. The van der Waals surface area contributed by atoms with Gasteiger partial charge in [-0.2, -0.15) is 0 Å². The molecule has 1 aromatic heterocycles. The highest BCUT2D eigenvalue weighted by molar-refractivity contribution is 9.10. The van der Waals surface area contributed by atoms with Crippen molar-refractivity contribution in [3.8, 4) is 11.1 Å². The molecule has 148 valence electrons. The molecule has 0 radical (unpaired) electrons. The second-order valence-corrected chi connectivity index (χ2v) is 6.96. The van der Waals surface area contributed by atoms with Gasteiger partial charge in [0.2, 0.25) is 0 Å². The number of H-pyrrole nitrogens is 1. The molecule has 1 N–H and O–H groups in total. The number of hydrogen-bond acceptors (Lipinski definition) is 5. The number of aromatic nitrogens is 1. The van der Waals surface area contributed by atoms with Gasteiger partial charge in [-0.3, -0.25) is 4.79 Å². The summed E-state index contributed by atoms with van der Waals surface area (Å²) in [6.07, 6.45) is 0. The molecule has 0 aliphatic carbocycles. The lowest BCUT2D eigenvalue weighted by Crippen LogP contribution is -2.11. The first-order chi connectivity index (χ1) is 14.0. The Morgan fingerprint density at radius 3 is 2.31 bits per heavy atom. The Bertz CT molecular complexity index is 1070. The molecular formula is C22H18BrNO5. The van der Waals surface area contributed by atoms with Crippen LogP contribution in [0.15, 0.2) is 59.1 Å². The fourth-order valence-corrected chi connectivity index (χ4v) is 3.41. The van der Waals surface area contributed by atoms with Gasteiger partial charge in [0, 0.05) is 15.6 Å². The molecule has 6 nitrogen and oxygen atoms in total. The number of carbonyl (C=O) groups excluding carboxylic acids is 3. The highest BCUT2D eigenvalue weighted by atomic mass is 79.9. The number of halogens is 1. The maximum atomic E-state index is 13.4. The number of ketones is 1. The molecule has 0 bridgehead atoms. The van der Waals surface area contributed by atoms with Crippen LogP contribution in [0.5, 0.6) is 0 Å². The highest BCUT2D eigenvalue weighted by Crippen LogP contribution is 2.33. The molecule has 0 amide bonds. The number of aromatic amines is 1. The van der Waals surface area contributed by atoms with Crippen molar-refractivity contribution < 1.29 is 23.9 Å². The summed E-state index contributed by atoms with van der Waals surface area (Å²) in [4.78, 5) is 41.2. The predicted molar refractivity (Wildman–Crippen MR) is 111 cm³/mol. The van der Waals surface area contributed by atoms with Crippen LogP contribution in [0.25, 0.3) is 11.1 Å². The molecule has 0 aliphatic heterocycles. The highest BCUT2D eigenvalue weighted by Gasteiger charge is 2.32. The van der Waals surface area contributed by atoms with Gasteiger partial charge in [0.15, 0.2) is 5.78 Å². The largest absolute Gasteiger partial charge is 0.464 e. The van der Waals surface area contributed by atoms with E-state index in [0.717, 1.165) is 0 Å². The average Bonchev–Trinajstić information content (AvgIpc) is 3.14. The van der Waals surface area contributed by atoms with Gasteiger partial charge in [-0.15, -0.1) is 0 Å². The number of carbonyl (C=O) groups is 3. The van der Waals surface area contributed by atoms with E-state index in [1.165, 1.54) is 7.11 Å². The van der Waals surface area contributed by atoms with E-state index < -0.39 is 17.7 Å². The molecule has 0 fully saturated rings. The standard InChI is InChI=1S/C22H18BrNO5/c1-3-29-22(27)18-16(13-8-5-4-6-9-13)17(19(24-18)21(26)28-2)20(25)14-10-7-11-15(23)12-14/h4-12,24H,3H2,1-2H3. The summed E-state index contributed by atoms with van der Waals surface area (Å²) in [5.41, 5.74) is 1.24. The Hall–Kier alpha value is -3.19. The zero-order valence-electron chi connectivity index (χ0n) is 15.8. The molecule has 0 unspecified atom stereocenters. The van der Waals surface area contributed by atoms with E-state index in [1.54, 1.807) is 55.5 Å². The van der Waals surface area contributed by atoms with Crippen LogP contribution >= 0.6 is 15.9 Å². The fraction of sp³-hybridized carbons (Fsp3) is 0.136. The van der Waals surface area contributed by atoms with Gasteiger partial charge in [0.05, 0.1) is 19.3 Å². The first-order valence-electron chi connectivity index (χ1n) is 8.85. The van der Waals surface area contributed by atoms with Crippen molar-refractivity contribution in [1.29, 1.82) is 0 Å². The first kappa shape index (κ1) is 20.5. The van der Waals surface area contributed by atoms with E-state index >= 15 is 0 Å². The number of rotatable bonds is 6. The summed E-state index contributed by atoms with van der Waals surface area (Å²) in [7, 11) is 1.21. The number of ether oxygens (including phenoxy) is 2. The molecule has 29 heavy (non-hydrogen) atoms. The molecule has 1 heterocycles. The predicted octanol–water partition coefficient (Wildman–Crippen LogP) is 4.64. The summed E-state index contributed by atoms with van der Waals surface area (Å²) in [6.45, 7) is 1.83. The summed E-state index contributed by atoms with van der Waals surface area (Å²) in [5, 5.41) is 0. The van der Waals surface area contributed by atoms with Crippen molar-refractivity contribution in [1.82, 2.24) is 4.98 Å². The Labute approximate surface area is 176 Å². The van der Waals surface area contributed by atoms with Crippen LogP contribution in [0, 0.1) is 0 Å². The number of esters is 2. The molecular weight excluding hydrogens is 438 g/mol. The molecule has 0 spiro atoms. The topological polar surface area (TPSA) is 85.5 Å². The minimum atomic E-state index is -0.754. The molecule has 0 saturated heterocycles. The Balaban J connectivity index is 2.33. The molecule has 7 heteroatoms. The van der Waals surface area contributed by atoms with Gasteiger partial charge in [-0.1, -0.05) is 58.4 Å². The van der Waals surface area contributed by atoms with Crippen molar-refractivity contribution in [2.24, 2.45) is 0 Å². The summed E-state index contributed by atoms with van der Waals surface area (Å²) >= 11 is 3.35. The molecule has 3 aromatic rings. The lowest BCUT2D eigenvalue weighted by molar-refractivity contribution is 0.0521. The van der Waals surface area contributed by atoms with Crippen molar-refractivity contribution in [2.45, 2.75) is 6.92 Å². The molecule has 2 aromatic carbocycles. The Morgan fingerprint density at radius 2 is 1.69 bits per heavy atom. The Kier molecular flexibility index (Phi) is 6.29. The van der Waals surface area contributed by atoms with Gasteiger partial charge in [-0.25, -0.2) is 9.59 Å². The fourth-order valence-electron chi connectivity index (χ4n) is 3.01. The second-order valence-electron chi connectivity index (χ2n) is 6.04. The lowest BCUT2D eigenvalue weighted by Gasteiger charge is -2.08. The van der Waals surface area contributed by atoms with E-state index in [1.807, 2.05) is 6.07 Å². The van der Waals surface area contributed by atoms with Crippen LogP contribution in [-0.2, 0) is 9.47 Å². The minimum Gasteiger partial charge on any atom is -0.464 e. The van der Waals surface area contributed by atoms with Crippen LogP contribution < -0.4 is 0 Å². The maximum Gasteiger partial charge on any atom is 0.355 e. The quantitative estimate of drug-likeness (QED) is 0.432. The van der Waals surface area contributed by atoms with E-state index in [0.29, 0.717) is 21.2 Å². The lowest BCUT2D eigenvalue weighted by atomic mass is 9.94. The van der Waals surface area contributed by atoms with Crippen LogP contribution in [0.1, 0.15) is 43.8 Å². The smallest absolute Gasteiger partial charge is 0.355 e. The van der Waals surface area contributed by atoms with Gasteiger partial charge in [0.25, 0.3) is 0 Å². The second kappa shape index (κ2) is 8.87. The third kappa shape index (κ3) is 4.14. The van der Waals surface area contributed by atoms with Crippen LogP contribution in [-0.4, -0.2) is 36.4 Å². The molecule has 0 saturated carbocycles. The third-order valence-electron chi connectivity index (χ3n) is 4.25. The van der Waals surface area contributed by atoms with Crippen molar-refractivity contribution >= 4 is 33.7 Å². The maximum absolute atomic E-state index is 13.4.